The molecule has 1 aromatic carbocycles. The summed E-state index contributed by atoms with van der Waals surface area (Å²) in [6.07, 6.45) is 3.15. The Kier molecular flexibility index (Phi) is 6.09. The van der Waals surface area contributed by atoms with Crippen molar-refractivity contribution >= 4 is 49.3 Å². The molecule has 10 heteroatoms. The summed E-state index contributed by atoms with van der Waals surface area (Å²) in [7, 11) is -4.08. The number of halogens is 3. The van der Waals surface area contributed by atoms with Crippen LogP contribution in [0.25, 0.3) is 6.08 Å². The molecule has 3 rings (SSSR count). The van der Waals surface area contributed by atoms with E-state index in [1.807, 2.05) is 12.1 Å². The van der Waals surface area contributed by atoms with E-state index in [0.29, 0.717) is 6.07 Å². The summed E-state index contributed by atoms with van der Waals surface area (Å²) in [5.74, 6) is -2.19. The van der Waals surface area contributed by atoms with E-state index in [-0.39, 0.29) is 32.1 Å². The molecule has 1 saturated heterocycles. The Labute approximate surface area is 168 Å². The summed E-state index contributed by atoms with van der Waals surface area (Å²) in [4.78, 5) is 14.1. The monoisotopic (exact) mass is 476 g/mol. The summed E-state index contributed by atoms with van der Waals surface area (Å²) < 4.78 is 54.0. The Morgan fingerprint density at radius 3 is 2.41 bits per heavy atom. The average molecular weight is 477 g/mol. The van der Waals surface area contributed by atoms with E-state index in [9.17, 15) is 22.0 Å². The number of carbonyl (C=O) groups excluding carboxylic acids is 1. The molecule has 1 amide bonds. The number of nitrogens with zero attached hydrogens (tertiary/aromatic N) is 2. The molecule has 0 atom stereocenters. The molecule has 2 heterocycles. The normalized spacial score (nSPS) is 16.2. The number of thiophene rings is 1. The molecule has 144 valence electrons. The summed E-state index contributed by atoms with van der Waals surface area (Å²) in [5, 5.41) is 0. The Hall–Kier alpha value is -1.62. The van der Waals surface area contributed by atoms with Crippen molar-refractivity contribution in [3.63, 3.8) is 0 Å². The molecule has 2 aromatic rings. The van der Waals surface area contributed by atoms with Crippen LogP contribution in [-0.2, 0) is 14.8 Å². The van der Waals surface area contributed by atoms with Crippen LogP contribution in [0.5, 0.6) is 0 Å². The number of carbonyl (C=O) groups is 1. The van der Waals surface area contributed by atoms with E-state index in [4.69, 9.17) is 0 Å². The highest BCUT2D eigenvalue weighted by Crippen LogP contribution is 2.24. The summed E-state index contributed by atoms with van der Waals surface area (Å²) >= 11 is 4.84. The van der Waals surface area contributed by atoms with E-state index in [2.05, 4.69) is 15.9 Å². The maximum Gasteiger partial charge on any atom is 0.246 e. The van der Waals surface area contributed by atoms with Gasteiger partial charge in [-0.3, -0.25) is 4.79 Å². The molecule has 0 saturated carbocycles. The molecule has 0 unspecified atom stereocenters. The van der Waals surface area contributed by atoms with Gasteiger partial charge in [0.25, 0.3) is 0 Å². The zero-order valence-corrected chi connectivity index (χ0v) is 17.2. The third-order valence-corrected chi connectivity index (χ3v) is 7.57. The van der Waals surface area contributed by atoms with Gasteiger partial charge in [0.2, 0.25) is 15.9 Å². The van der Waals surface area contributed by atoms with Gasteiger partial charge in [-0.05, 0) is 46.3 Å². The molecule has 0 radical (unpaired) electrons. The second-order valence-electron chi connectivity index (χ2n) is 5.78. The second-order valence-corrected chi connectivity index (χ2v) is 10.2. The lowest BCUT2D eigenvalue weighted by atomic mass is 10.3. The summed E-state index contributed by atoms with van der Waals surface area (Å²) in [6.45, 7) is 0.477. The first-order chi connectivity index (χ1) is 12.8. The van der Waals surface area contributed by atoms with Crippen LogP contribution in [0, 0.1) is 11.6 Å². The average Bonchev–Trinajstić information content (AvgIpc) is 3.05. The molecule has 27 heavy (non-hydrogen) atoms. The Balaban J connectivity index is 1.64. The zero-order chi connectivity index (χ0) is 19.6. The number of hydrogen-bond donors (Lipinski definition) is 0. The molecule has 1 aromatic heterocycles. The molecule has 5 nitrogen and oxygen atoms in total. The van der Waals surface area contributed by atoms with Gasteiger partial charge in [-0.2, -0.15) is 4.31 Å². The molecule has 1 aliphatic rings. The van der Waals surface area contributed by atoms with Crippen LogP contribution in [0.15, 0.2) is 45.1 Å². The minimum atomic E-state index is -4.08. The maximum atomic E-state index is 13.8. The van der Waals surface area contributed by atoms with Gasteiger partial charge in [0.15, 0.2) is 0 Å². The van der Waals surface area contributed by atoms with Crippen molar-refractivity contribution in [3.8, 4) is 0 Å². The van der Waals surface area contributed by atoms with E-state index in [0.717, 1.165) is 25.1 Å². The van der Waals surface area contributed by atoms with Crippen LogP contribution < -0.4 is 0 Å². The highest BCUT2D eigenvalue weighted by molar-refractivity contribution is 9.11. The van der Waals surface area contributed by atoms with Gasteiger partial charge in [-0.15, -0.1) is 11.3 Å². The number of rotatable bonds is 4. The van der Waals surface area contributed by atoms with Gasteiger partial charge in [-0.1, -0.05) is 0 Å². The topological polar surface area (TPSA) is 57.7 Å². The van der Waals surface area contributed by atoms with Crippen molar-refractivity contribution in [2.75, 3.05) is 26.2 Å². The van der Waals surface area contributed by atoms with Crippen LogP contribution in [-0.4, -0.2) is 49.7 Å². The highest BCUT2D eigenvalue weighted by atomic mass is 79.9. The predicted molar refractivity (Wildman–Crippen MR) is 103 cm³/mol. The van der Waals surface area contributed by atoms with E-state index >= 15 is 0 Å². The van der Waals surface area contributed by atoms with Crippen LogP contribution >= 0.6 is 27.3 Å². The second kappa shape index (κ2) is 8.17. The number of benzene rings is 1. The molecular formula is C17H15BrF2N2O3S2. The van der Waals surface area contributed by atoms with Gasteiger partial charge < -0.3 is 4.90 Å². The third-order valence-electron chi connectivity index (χ3n) is 4.05. The van der Waals surface area contributed by atoms with E-state index in [1.165, 1.54) is 22.3 Å². The standard InChI is InChI=1S/C17H15BrF2N2O3S2/c18-16-5-2-13(26-16)3-6-17(23)21-7-9-22(10-8-21)27(24,25)15-4-1-12(19)11-14(15)20/h1-6,11H,7-10H2/b6-3+. The number of amides is 1. The quantitative estimate of drug-likeness (QED) is 0.635. The summed E-state index contributed by atoms with van der Waals surface area (Å²) in [5.41, 5.74) is 0. The van der Waals surface area contributed by atoms with Crippen molar-refractivity contribution in [3.05, 3.63) is 56.7 Å². The first-order valence-corrected chi connectivity index (χ1v) is 11.0. The Bertz CT molecular complexity index is 984. The van der Waals surface area contributed by atoms with Gasteiger partial charge in [0.05, 0.1) is 3.79 Å². The lowest BCUT2D eigenvalue weighted by molar-refractivity contribution is -0.127. The van der Waals surface area contributed by atoms with Gasteiger partial charge in [0, 0.05) is 43.2 Å². The minimum absolute atomic E-state index is 0.0449. The fraction of sp³-hybridized carbons (Fsp3) is 0.235. The fourth-order valence-corrected chi connectivity index (χ4v) is 5.44. The van der Waals surface area contributed by atoms with Crippen molar-refractivity contribution in [1.82, 2.24) is 9.21 Å². The van der Waals surface area contributed by atoms with Crippen LogP contribution in [0.4, 0.5) is 8.78 Å². The largest absolute Gasteiger partial charge is 0.337 e. The SMILES string of the molecule is O=C(/C=C/c1ccc(Br)s1)N1CCN(S(=O)(=O)c2ccc(F)cc2F)CC1. The van der Waals surface area contributed by atoms with E-state index in [1.54, 1.807) is 6.08 Å². The lowest BCUT2D eigenvalue weighted by Gasteiger charge is -2.33. The van der Waals surface area contributed by atoms with Crippen LogP contribution in [0.1, 0.15) is 4.88 Å². The van der Waals surface area contributed by atoms with Crippen molar-refractivity contribution in [2.45, 2.75) is 4.90 Å². The van der Waals surface area contributed by atoms with Crippen LogP contribution in [0.2, 0.25) is 0 Å². The summed E-state index contributed by atoms with van der Waals surface area (Å²) in [6, 6.07) is 6.12. The predicted octanol–water partition coefficient (Wildman–Crippen LogP) is 3.34. The molecule has 0 spiro atoms. The molecule has 1 fully saturated rings. The molecule has 0 aliphatic carbocycles. The minimum Gasteiger partial charge on any atom is -0.337 e. The third kappa shape index (κ3) is 4.63. The first-order valence-electron chi connectivity index (χ1n) is 7.95. The molecular weight excluding hydrogens is 462 g/mol. The lowest BCUT2D eigenvalue weighted by Crippen LogP contribution is -2.50. The first kappa shape index (κ1) is 20.1. The number of hydrogen-bond acceptors (Lipinski definition) is 4. The number of piperazine rings is 1. The van der Waals surface area contributed by atoms with Crippen molar-refractivity contribution in [2.24, 2.45) is 0 Å². The zero-order valence-electron chi connectivity index (χ0n) is 13.9. The maximum absolute atomic E-state index is 13.8. The Morgan fingerprint density at radius 1 is 1.11 bits per heavy atom. The Morgan fingerprint density at radius 2 is 1.81 bits per heavy atom. The van der Waals surface area contributed by atoms with E-state index < -0.39 is 26.6 Å². The highest BCUT2D eigenvalue weighted by Gasteiger charge is 2.31. The molecule has 0 bridgehead atoms. The van der Waals surface area contributed by atoms with Crippen LogP contribution in [0.3, 0.4) is 0 Å². The van der Waals surface area contributed by atoms with Gasteiger partial charge in [-0.25, -0.2) is 17.2 Å². The number of sulfonamides is 1. The van der Waals surface area contributed by atoms with Crippen molar-refractivity contribution < 1.29 is 22.0 Å². The smallest absolute Gasteiger partial charge is 0.246 e. The van der Waals surface area contributed by atoms with Gasteiger partial charge >= 0.3 is 0 Å². The fourth-order valence-electron chi connectivity index (χ4n) is 2.65. The van der Waals surface area contributed by atoms with Crippen molar-refractivity contribution in [1.29, 1.82) is 0 Å². The molecule has 1 aliphatic heterocycles. The molecule has 0 N–H and O–H groups in total. The van der Waals surface area contributed by atoms with Gasteiger partial charge in [0.1, 0.15) is 16.5 Å².